The zero-order chi connectivity index (χ0) is 25.9. The number of fused-ring (bicyclic) bond motifs is 1. The monoisotopic (exact) mass is 517 g/mol. The Morgan fingerprint density at radius 1 is 0.919 bits per heavy atom. The van der Waals surface area contributed by atoms with E-state index in [1.807, 2.05) is 30.3 Å². The number of hydrogen-bond acceptors (Lipinski definition) is 3. The molecule has 5 nitrogen and oxygen atoms in total. The lowest BCUT2D eigenvalue weighted by molar-refractivity contribution is -0.120. The fraction of sp³-hybridized carbons (Fsp3) is 0.355. The van der Waals surface area contributed by atoms with E-state index < -0.39 is 0 Å². The van der Waals surface area contributed by atoms with Crippen molar-refractivity contribution in [3.63, 3.8) is 0 Å². The van der Waals surface area contributed by atoms with Gasteiger partial charge in [-0.2, -0.15) is 0 Å². The van der Waals surface area contributed by atoms with Crippen molar-refractivity contribution in [1.29, 1.82) is 0 Å². The highest BCUT2D eigenvalue weighted by atomic mass is 35.5. The summed E-state index contributed by atoms with van der Waals surface area (Å²) in [6.07, 6.45) is 6.30. The van der Waals surface area contributed by atoms with E-state index >= 15 is 0 Å². The number of aromatic nitrogens is 2. The van der Waals surface area contributed by atoms with Crippen molar-refractivity contribution >= 4 is 28.5 Å². The lowest BCUT2D eigenvalue weighted by Gasteiger charge is -2.11. The predicted octanol–water partition coefficient (Wildman–Crippen LogP) is 6.79. The second-order valence-corrected chi connectivity index (χ2v) is 9.77. The topological polar surface area (TPSA) is 56.1 Å². The van der Waals surface area contributed by atoms with Crippen LogP contribution in [0.15, 0.2) is 72.8 Å². The van der Waals surface area contributed by atoms with Gasteiger partial charge in [0.15, 0.2) is 0 Å². The van der Waals surface area contributed by atoms with Crippen LogP contribution in [0.4, 0.5) is 0 Å². The maximum absolute atomic E-state index is 12.2. The van der Waals surface area contributed by atoms with Gasteiger partial charge >= 0.3 is 0 Å². The second kappa shape index (κ2) is 13.8. The Bertz CT molecular complexity index is 1270. The Morgan fingerprint density at radius 2 is 1.68 bits per heavy atom. The molecular formula is C31H36ClN3O2. The van der Waals surface area contributed by atoms with Crippen molar-refractivity contribution in [2.45, 2.75) is 58.4 Å². The summed E-state index contributed by atoms with van der Waals surface area (Å²) in [5, 5.41) is 3.71. The Hall–Kier alpha value is -3.31. The van der Waals surface area contributed by atoms with Crippen molar-refractivity contribution in [3.8, 4) is 5.75 Å². The molecule has 6 heteroatoms. The van der Waals surface area contributed by atoms with Crippen LogP contribution >= 0.6 is 11.6 Å². The molecule has 1 amide bonds. The molecule has 0 aliphatic heterocycles. The molecule has 37 heavy (non-hydrogen) atoms. The van der Waals surface area contributed by atoms with Crippen LogP contribution in [0.1, 0.15) is 49.6 Å². The quantitative estimate of drug-likeness (QED) is 0.187. The minimum absolute atomic E-state index is 0.0487. The number of hydrogen-bond donors (Lipinski definition) is 1. The van der Waals surface area contributed by atoms with Crippen molar-refractivity contribution in [2.24, 2.45) is 0 Å². The van der Waals surface area contributed by atoms with Crippen LogP contribution in [-0.4, -0.2) is 28.6 Å². The number of para-hydroxylation sites is 2. The standard InChI is InChI=1S/C31H36ClN3O2/c1-2-24-14-18-27(19-15-24)37-22-8-21-35-29-10-6-5-9-28(29)34-30(35)11-4-3-7-20-33-31(36)23-25-12-16-26(32)17-13-25/h5-6,9-10,12-19H,2-4,7-8,11,20-23H2,1H3,(H,33,36). The van der Waals surface area contributed by atoms with Crippen molar-refractivity contribution in [2.75, 3.05) is 13.2 Å². The molecule has 194 valence electrons. The van der Waals surface area contributed by atoms with Gasteiger partial charge in [0, 0.05) is 24.5 Å². The molecule has 4 aromatic rings. The van der Waals surface area contributed by atoms with Crippen molar-refractivity contribution in [3.05, 3.63) is 94.8 Å². The van der Waals surface area contributed by atoms with Gasteiger partial charge in [-0.15, -0.1) is 0 Å². The van der Waals surface area contributed by atoms with Crippen LogP contribution in [0.2, 0.25) is 5.02 Å². The van der Waals surface area contributed by atoms with Crippen LogP contribution in [0.5, 0.6) is 5.75 Å². The van der Waals surface area contributed by atoms with Crippen molar-refractivity contribution in [1.82, 2.24) is 14.9 Å². The lowest BCUT2D eigenvalue weighted by Crippen LogP contribution is -2.26. The summed E-state index contributed by atoms with van der Waals surface area (Å²) in [7, 11) is 0. The van der Waals surface area contributed by atoms with Gasteiger partial charge in [-0.05, 0) is 73.2 Å². The van der Waals surface area contributed by atoms with Crippen LogP contribution in [0, 0.1) is 0 Å². The van der Waals surface area contributed by atoms with E-state index in [0.29, 0.717) is 24.6 Å². The van der Waals surface area contributed by atoms with Crippen LogP contribution in [-0.2, 0) is 30.6 Å². The third-order valence-corrected chi connectivity index (χ3v) is 6.79. The summed E-state index contributed by atoms with van der Waals surface area (Å²) in [6, 6.07) is 24.1. The number of unbranched alkanes of at least 4 members (excludes halogenated alkanes) is 2. The highest BCUT2D eigenvalue weighted by Crippen LogP contribution is 2.19. The van der Waals surface area contributed by atoms with E-state index in [2.05, 4.69) is 59.3 Å². The highest BCUT2D eigenvalue weighted by molar-refractivity contribution is 6.30. The zero-order valence-corrected chi connectivity index (χ0v) is 22.3. The number of benzene rings is 3. The number of amides is 1. The smallest absolute Gasteiger partial charge is 0.224 e. The third-order valence-electron chi connectivity index (χ3n) is 6.54. The maximum atomic E-state index is 12.2. The van der Waals surface area contributed by atoms with Gasteiger partial charge in [0.1, 0.15) is 11.6 Å². The first-order chi connectivity index (χ1) is 18.1. The van der Waals surface area contributed by atoms with E-state index in [-0.39, 0.29) is 5.91 Å². The fourth-order valence-electron chi connectivity index (χ4n) is 4.46. The van der Waals surface area contributed by atoms with E-state index in [1.165, 1.54) is 11.1 Å². The number of carbonyl (C=O) groups is 1. The number of rotatable bonds is 14. The van der Waals surface area contributed by atoms with Crippen molar-refractivity contribution < 1.29 is 9.53 Å². The summed E-state index contributed by atoms with van der Waals surface area (Å²) < 4.78 is 8.31. The molecule has 0 aliphatic rings. The van der Waals surface area contributed by atoms with Gasteiger partial charge in [0.05, 0.1) is 24.1 Å². The Kier molecular flexibility index (Phi) is 10.0. The first-order valence-electron chi connectivity index (χ1n) is 13.3. The highest BCUT2D eigenvalue weighted by Gasteiger charge is 2.10. The lowest BCUT2D eigenvalue weighted by atomic mass is 10.1. The average Bonchev–Trinajstić information content (AvgIpc) is 3.27. The predicted molar refractivity (Wildman–Crippen MR) is 151 cm³/mol. The number of nitrogens with one attached hydrogen (secondary N) is 1. The van der Waals surface area contributed by atoms with E-state index in [1.54, 1.807) is 0 Å². The largest absolute Gasteiger partial charge is 0.494 e. The van der Waals surface area contributed by atoms with Crippen LogP contribution in [0.25, 0.3) is 11.0 Å². The number of ether oxygens (including phenoxy) is 1. The van der Waals surface area contributed by atoms with E-state index in [0.717, 1.165) is 67.7 Å². The first-order valence-corrected chi connectivity index (χ1v) is 13.7. The fourth-order valence-corrected chi connectivity index (χ4v) is 4.59. The first kappa shape index (κ1) is 26.7. The number of halogens is 1. The number of nitrogens with zero attached hydrogens (tertiary/aromatic N) is 2. The second-order valence-electron chi connectivity index (χ2n) is 9.33. The van der Waals surface area contributed by atoms with Gasteiger partial charge in [0.25, 0.3) is 0 Å². The normalized spacial score (nSPS) is 11.1. The molecule has 0 unspecified atom stereocenters. The van der Waals surface area contributed by atoms with Gasteiger partial charge in [-0.25, -0.2) is 4.98 Å². The van der Waals surface area contributed by atoms with Gasteiger partial charge in [0.2, 0.25) is 5.91 Å². The third kappa shape index (κ3) is 8.09. The summed E-state index contributed by atoms with van der Waals surface area (Å²) in [6.45, 7) is 4.40. The molecule has 0 spiro atoms. The Labute approximate surface area is 224 Å². The molecule has 4 rings (SSSR count). The minimum Gasteiger partial charge on any atom is -0.494 e. The van der Waals surface area contributed by atoms with Crippen LogP contribution < -0.4 is 10.1 Å². The average molecular weight is 518 g/mol. The molecule has 1 N–H and O–H groups in total. The molecule has 0 bridgehead atoms. The van der Waals surface area contributed by atoms with Gasteiger partial charge in [-0.3, -0.25) is 4.79 Å². The van der Waals surface area contributed by atoms with Crippen LogP contribution in [0.3, 0.4) is 0 Å². The number of aryl methyl sites for hydroxylation is 3. The summed E-state index contributed by atoms with van der Waals surface area (Å²) in [5.41, 5.74) is 4.52. The van der Waals surface area contributed by atoms with Gasteiger partial charge in [-0.1, -0.05) is 61.3 Å². The number of carbonyl (C=O) groups excluding carboxylic acids is 1. The molecule has 1 heterocycles. The zero-order valence-electron chi connectivity index (χ0n) is 21.6. The minimum atomic E-state index is 0.0487. The van der Waals surface area contributed by atoms with Gasteiger partial charge < -0.3 is 14.6 Å². The summed E-state index contributed by atoms with van der Waals surface area (Å²) in [4.78, 5) is 17.1. The molecule has 1 aromatic heterocycles. The molecule has 3 aromatic carbocycles. The van der Waals surface area contributed by atoms with E-state index in [9.17, 15) is 4.79 Å². The Balaban J connectivity index is 1.20. The number of imidazole rings is 1. The molecule has 0 saturated carbocycles. The molecule has 0 radical (unpaired) electrons. The molecule has 0 fully saturated rings. The van der Waals surface area contributed by atoms with E-state index in [4.69, 9.17) is 21.3 Å². The molecule has 0 aliphatic carbocycles. The molecule has 0 saturated heterocycles. The molecular weight excluding hydrogens is 482 g/mol. The summed E-state index contributed by atoms with van der Waals surface area (Å²) in [5.74, 6) is 2.10. The molecule has 0 atom stereocenters. The maximum Gasteiger partial charge on any atom is 0.224 e. The SMILES string of the molecule is CCc1ccc(OCCCn2c(CCCCCNC(=O)Cc3ccc(Cl)cc3)nc3ccccc32)cc1. The summed E-state index contributed by atoms with van der Waals surface area (Å²) >= 11 is 5.91. The Morgan fingerprint density at radius 3 is 2.46 bits per heavy atom.